The quantitative estimate of drug-likeness (QED) is 0.863. The Morgan fingerprint density at radius 1 is 1.61 bits per heavy atom. The predicted molar refractivity (Wildman–Crippen MR) is 72.5 cm³/mol. The molecule has 6 heteroatoms. The Kier molecular flexibility index (Phi) is 4.17. The molecule has 0 bridgehead atoms. The average Bonchev–Trinajstić information content (AvgIpc) is 2.70. The van der Waals surface area contributed by atoms with E-state index in [-0.39, 0.29) is 11.2 Å². The maximum Gasteiger partial charge on any atom is 0.191 e. The molecule has 1 aromatic rings. The van der Waals surface area contributed by atoms with Gasteiger partial charge in [-0.25, -0.2) is 4.68 Å². The summed E-state index contributed by atoms with van der Waals surface area (Å²) in [6, 6.07) is 0. The van der Waals surface area contributed by atoms with E-state index >= 15 is 0 Å². The summed E-state index contributed by atoms with van der Waals surface area (Å²) < 4.78 is 2.12. The second kappa shape index (κ2) is 5.48. The smallest absolute Gasteiger partial charge is 0.191 e. The Balaban J connectivity index is 2.34. The minimum Gasteiger partial charge on any atom is -0.316 e. The van der Waals surface area contributed by atoms with Crippen LogP contribution in [0.5, 0.6) is 0 Å². The van der Waals surface area contributed by atoms with Gasteiger partial charge in [-0.2, -0.15) is 0 Å². The lowest BCUT2D eigenvalue weighted by Gasteiger charge is -2.36. The van der Waals surface area contributed by atoms with Crippen LogP contribution in [0.2, 0.25) is 0 Å². The van der Waals surface area contributed by atoms with Gasteiger partial charge in [0.1, 0.15) is 5.69 Å². The van der Waals surface area contributed by atoms with Gasteiger partial charge in [0.25, 0.3) is 0 Å². The molecule has 1 aliphatic heterocycles. The summed E-state index contributed by atoms with van der Waals surface area (Å²) in [4.78, 5) is 12.8. The van der Waals surface area contributed by atoms with Crippen LogP contribution >= 0.6 is 15.9 Å². The second-order valence-electron chi connectivity index (χ2n) is 4.99. The van der Waals surface area contributed by atoms with E-state index < -0.39 is 0 Å². The van der Waals surface area contributed by atoms with Gasteiger partial charge in [0, 0.05) is 19.0 Å². The van der Waals surface area contributed by atoms with Crippen molar-refractivity contribution in [2.45, 2.75) is 32.6 Å². The standard InChI is InChI=1S/C12H19BrN4O/c1-3-5-12(6-4-7-14-8-12)10(18)9-11(13)15-16-17(9)2/h14H,3-8H2,1-2H3. The molecular weight excluding hydrogens is 296 g/mol. The lowest BCUT2D eigenvalue weighted by molar-refractivity contribution is 0.0706. The van der Waals surface area contributed by atoms with E-state index in [1.807, 2.05) is 0 Å². The molecule has 2 rings (SSSR count). The largest absolute Gasteiger partial charge is 0.316 e. The summed E-state index contributed by atoms with van der Waals surface area (Å²) >= 11 is 3.32. The number of hydrogen-bond donors (Lipinski definition) is 1. The highest BCUT2D eigenvalue weighted by molar-refractivity contribution is 9.10. The SMILES string of the molecule is CCCC1(C(=O)c2c(Br)nnn2C)CCCNC1. The summed E-state index contributed by atoms with van der Waals surface area (Å²) in [6.45, 7) is 3.89. The number of aromatic nitrogens is 3. The van der Waals surface area contributed by atoms with Crippen LogP contribution in [0, 0.1) is 5.41 Å². The fourth-order valence-corrected chi connectivity index (χ4v) is 3.30. The van der Waals surface area contributed by atoms with Crippen LogP contribution in [0.15, 0.2) is 4.60 Å². The van der Waals surface area contributed by atoms with E-state index in [1.54, 1.807) is 11.7 Å². The van der Waals surface area contributed by atoms with Gasteiger partial charge in [-0.15, -0.1) is 5.10 Å². The van der Waals surface area contributed by atoms with Crippen LogP contribution in [0.4, 0.5) is 0 Å². The lowest BCUT2D eigenvalue weighted by Crippen LogP contribution is -2.46. The van der Waals surface area contributed by atoms with E-state index in [0.717, 1.165) is 38.8 Å². The highest BCUT2D eigenvalue weighted by atomic mass is 79.9. The molecule has 0 aromatic carbocycles. The van der Waals surface area contributed by atoms with Crippen molar-refractivity contribution in [3.63, 3.8) is 0 Å². The van der Waals surface area contributed by atoms with Crippen LogP contribution in [0.3, 0.4) is 0 Å². The molecule has 1 unspecified atom stereocenters. The maximum absolute atomic E-state index is 12.8. The van der Waals surface area contributed by atoms with Crippen molar-refractivity contribution < 1.29 is 4.79 Å². The Morgan fingerprint density at radius 2 is 2.39 bits per heavy atom. The molecule has 2 heterocycles. The van der Waals surface area contributed by atoms with Gasteiger partial charge >= 0.3 is 0 Å². The molecule has 18 heavy (non-hydrogen) atoms. The molecule has 1 aliphatic rings. The molecule has 1 atom stereocenters. The molecule has 0 spiro atoms. The minimum atomic E-state index is -0.287. The fourth-order valence-electron chi connectivity index (χ4n) is 2.79. The number of carbonyl (C=O) groups is 1. The zero-order chi connectivity index (χ0) is 13.2. The first-order chi connectivity index (χ1) is 8.60. The third-order valence-electron chi connectivity index (χ3n) is 3.68. The molecule has 1 saturated heterocycles. The number of piperidine rings is 1. The first-order valence-electron chi connectivity index (χ1n) is 6.41. The zero-order valence-electron chi connectivity index (χ0n) is 10.9. The lowest BCUT2D eigenvalue weighted by atomic mass is 9.72. The number of halogens is 1. The molecule has 1 aromatic heterocycles. The summed E-state index contributed by atoms with van der Waals surface area (Å²) in [5, 5.41) is 11.2. The Morgan fingerprint density at radius 3 is 2.89 bits per heavy atom. The van der Waals surface area contributed by atoms with Gasteiger partial charge in [0.2, 0.25) is 0 Å². The van der Waals surface area contributed by atoms with Crippen LogP contribution in [0.1, 0.15) is 43.1 Å². The van der Waals surface area contributed by atoms with Crippen LogP contribution in [0.25, 0.3) is 0 Å². The second-order valence-corrected chi connectivity index (χ2v) is 5.74. The van der Waals surface area contributed by atoms with Gasteiger partial charge in [-0.3, -0.25) is 4.79 Å². The number of Topliss-reactive ketones (excluding diaryl/α,β-unsaturated/α-hetero) is 1. The van der Waals surface area contributed by atoms with Crippen molar-refractivity contribution in [1.29, 1.82) is 0 Å². The van der Waals surface area contributed by atoms with E-state index in [1.165, 1.54) is 0 Å². The van der Waals surface area contributed by atoms with Crippen LogP contribution in [-0.4, -0.2) is 33.9 Å². The fraction of sp³-hybridized carbons (Fsp3) is 0.750. The molecule has 100 valence electrons. The minimum absolute atomic E-state index is 0.163. The number of rotatable bonds is 4. The molecule has 1 N–H and O–H groups in total. The van der Waals surface area contributed by atoms with Crippen molar-refractivity contribution in [3.05, 3.63) is 10.3 Å². The molecule has 1 fully saturated rings. The molecule has 0 amide bonds. The molecule has 5 nitrogen and oxygen atoms in total. The Hall–Kier alpha value is -0.750. The monoisotopic (exact) mass is 314 g/mol. The maximum atomic E-state index is 12.8. The van der Waals surface area contributed by atoms with E-state index in [4.69, 9.17) is 0 Å². The van der Waals surface area contributed by atoms with Gasteiger partial charge in [-0.1, -0.05) is 18.6 Å². The van der Waals surface area contributed by atoms with Crippen molar-refractivity contribution in [3.8, 4) is 0 Å². The summed E-state index contributed by atoms with van der Waals surface area (Å²) in [7, 11) is 1.76. The first-order valence-corrected chi connectivity index (χ1v) is 7.21. The first kappa shape index (κ1) is 13.7. The van der Waals surface area contributed by atoms with E-state index in [0.29, 0.717) is 10.3 Å². The summed E-state index contributed by atoms with van der Waals surface area (Å²) in [5.74, 6) is 0.163. The molecule has 0 radical (unpaired) electrons. The molecule has 0 saturated carbocycles. The van der Waals surface area contributed by atoms with E-state index in [9.17, 15) is 4.79 Å². The van der Waals surface area contributed by atoms with Gasteiger partial charge < -0.3 is 5.32 Å². The topological polar surface area (TPSA) is 59.8 Å². The van der Waals surface area contributed by atoms with Gasteiger partial charge in [-0.05, 0) is 41.7 Å². The average molecular weight is 315 g/mol. The highest BCUT2D eigenvalue weighted by Gasteiger charge is 2.41. The highest BCUT2D eigenvalue weighted by Crippen LogP contribution is 2.36. The normalized spacial score (nSPS) is 24.2. The third-order valence-corrected chi connectivity index (χ3v) is 4.22. The third kappa shape index (κ3) is 2.36. The number of nitrogens with one attached hydrogen (secondary N) is 1. The van der Waals surface area contributed by atoms with Crippen molar-refractivity contribution in [1.82, 2.24) is 20.3 Å². The van der Waals surface area contributed by atoms with E-state index in [2.05, 4.69) is 38.5 Å². The predicted octanol–water partition coefficient (Wildman–Crippen LogP) is 1.93. The Labute approximate surface area is 115 Å². The molecule has 0 aliphatic carbocycles. The van der Waals surface area contributed by atoms with Gasteiger partial charge in [0.15, 0.2) is 10.4 Å². The molecular formula is C12H19BrN4O. The zero-order valence-corrected chi connectivity index (χ0v) is 12.5. The number of ketones is 1. The number of carbonyl (C=O) groups excluding carboxylic acids is 1. The Bertz CT molecular complexity index is 412. The van der Waals surface area contributed by atoms with Gasteiger partial charge in [0.05, 0.1) is 0 Å². The number of nitrogens with zero attached hydrogens (tertiary/aromatic N) is 3. The van der Waals surface area contributed by atoms with Crippen LogP contribution < -0.4 is 5.32 Å². The summed E-state index contributed by atoms with van der Waals surface area (Å²) in [6.07, 6.45) is 3.92. The van der Waals surface area contributed by atoms with Crippen molar-refractivity contribution in [2.75, 3.05) is 13.1 Å². The summed E-state index contributed by atoms with van der Waals surface area (Å²) in [5.41, 5.74) is 0.303. The van der Waals surface area contributed by atoms with Crippen molar-refractivity contribution in [2.24, 2.45) is 12.5 Å². The van der Waals surface area contributed by atoms with Crippen molar-refractivity contribution >= 4 is 21.7 Å². The van der Waals surface area contributed by atoms with Crippen LogP contribution in [-0.2, 0) is 7.05 Å². The number of hydrogen-bond acceptors (Lipinski definition) is 4. The number of aryl methyl sites for hydroxylation is 1.